The van der Waals surface area contributed by atoms with Gasteiger partial charge in [-0.25, -0.2) is 4.79 Å². The fourth-order valence-corrected chi connectivity index (χ4v) is 2.71. The minimum Gasteiger partial charge on any atom is -0.452 e. The summed E-state index contributed by atoms with van der Waals surface area (Å²) in [5, 5.41) is 4.28. The summed E-state index contributed by atoms with van der Waals surface area (Å²) < 4.78 is 6.81. The number of ether oxygens (including phenoxy) is 1. The molecule has 0 spiro atoms. The van der Waals surface area contributed by atoms with Crippen LogP contribution in [-0.2, 0) is 21.4 Å². The van der Waals surface area contributed by atoms with Gasteiger partial charge in [0.2, 0.25) is 0 Å². The fourth-order valence-electron chi connectivity index (χ4n) is 2.71. The van der Waals surface area contributed by atoms with E-state index in [0.717, 1.165) is 42.9 Å². The smallest absolute Gasteiger partial charge is 0.331 e. The van der Waals surface area contributed by atoms with E-state index < -0.39 is 5.97 Å². The van der Waals surface area contributed by atoms with Gasteiger partial charge in [-0.15, -0.1) is 0 Å². The lowest BCUT2D eigenvalue weighted by Crippen LogP contribution is -2.40. The number of aryl methyl sites for hydroxylation is 2. The van der Waals surface area contributed by atoms with Crippen molar-refractivity contribution in [1.29, 1.82) is 0 Å². The summed E-state index contributed by atoms with van der Waals surface area (Å²) in [4.78, 5) is 25.6. The molecule has 0 atom stereocenters. The summed E-state index contributed by atoms with van der Waals surface area (Å²) in [6.45, 7) is 7.32. The van der Waals surface area contributed by atoms with Crippen molar-refractivity contribution in [3.63, 3.8) is 0 Å². The van der Waals surface area contributed by atoms with Crippen molar-refractivity contribution in [2.75, 3.05) is 19.7 Å². The van der Waals surface area contributed by atoms with Crippen molar-refractivity contribution in [3.05, 3.63) is 23.0 Å². The Bertz CT molecular complexity index is 611. The molecule has 6 heteroatoms. The van der Waals surface area contributed by atoms with Crippen LogP contribution in [0.2, 0.25) is 0 Å². The molecular formula is C17H25N3O3. The van der Waals surface area contributed by atoms with Gasteiger partial charge in [-0.1, -0.05) is 6.92 Å². The van der Waals surface area contributed by atoms with Gasteiger partial charge in [-0.05, 0) is 38.7 Å². The molecule has 1 aliphatic rings. The highest BCUT2D eigenvalue weighted by atomic mass is 16.5. The average Bonchev–Trinajstić information content (AvgIpc) is 2.76. The SMILES string of the molecule is Cc1nn(C)c(C)c1/C=C/C(=O)OCC(=O)N1CCC(C)CC1. The van der Waals surface area contributed by atoms with E-state index in [1.807, 2.05) is 20.9 Å². The molecule has 0 unspecified atom stereocenters. The minimum atomic E-state index is -0.508. The van der Waals surface area contributed by atoms with Crippen molar-refractivity contribution in [2.45, 2.75) is 33.6 Å². The number of rotatable bonds is 4. The quantitative estimate of drug-likeness (QED) is 0.627. The van der Waals surface area contributed by atoms with E-state index in [1.165, 1.54) is 6.08 Å². The normalized spacial score (nSPS) is 16.1. The Morgan fingerprint density at radius 1 is 1.30 bits per heavy atom. The van der Waals surface area contributed by atoms with Gasteiger partial charge in [-0.3, -0.25) is 9.48 Å². The van der Waals surface area contributed by atoms with Gasteiger partial charge in [0, 0.05) is 37.5 Å². The van der Waals surface area contributed by atoms with Crippen LogP contribution in [-0.4, -0.2) is 46.3 Å². The molecule has 0 N–H and O–H groups in total. The highest BCUT2D eigenvalue weighted by Crippen LogP contribution is 2.16. The zero-order valence-electron chi connectivity index (χ0n) is 14.3. The third kappa shape index (κ3) is 4.43. The van der Waals surface area contributed by atoms with Crippen LogP contribution in [0.25, 0.3) is 6.08 Å². The first kappa shape index (κ1) is 17.2. The predicted molar refractivity (Wildman–Crippen MR) is 87.7 cm³/mol. The van der Waals surface area contributed by atoms with Crippen LogP contribution in [0.3, 0.4) is 0 Å². The summed E-state index contributed by atoms with van der Waals surface area (Å²) >= 11 is 0. The van der Waals surface area contributed by atoms with Crippen LogP contribution in [0.4, 0.5) is 0 Å². The van der Waals surface area contributed by atoms with Gasteiger partial charge in [0.25, 0.3) is 5.91 Å². The Labute approximate surface area is 137 Å². The summed E-state index contributed by atoms with van der Waals surface area (Å²) in [5.41, 5.74) is 2.73. The number of amides is 1. The number of piperidine rings is 1. The molecular weight excluding hydrogens is 294 g/mol. The third-order valence-electron chi connectivity index (χ3n) is 4.43. The standard InChI is InChI=1S/C17H25N3O3/c1-12-7-9-20(10-8-12)16(21)11-23-17(22)6-5-15-13(2)18-19(4)14(15)3/h5-6,12H,7-11H2,1-4H3/b6-5+. The Kier molecular flexibility index (Phi) is 5.58. The molecule has 1 amide bonds. The Morgan fingerprint density at radius 2 is 1.96 bits per heavy atom. The molecule has 1 fully saturated rings. The number of hydrogen-bond acceptors (Lipinski definition) is 4. The van der Waals surface area contributed by atoms with E-state index >= 15 is 0 Å². The van der Waals surface area contributed by atoms with Crippen LogP contribution in [0, 0.1) is 19.8 Å². The maximum atomic E-state index is 12.0. The number of carbonyl (C=O) groups excluding carboxylic acids is 2. The lowest BCUT2D eigenvalue weighted by molar-refractivity contribution is -0.148. The second-order valence-corrected chi connectivity index (χ2v) is 6.21. The van der Waals surface area contributed by atoms with E-state index in [9.17, 15) is 9.59 Å². The molecule has 2 heterocycles. The Hall–Kier alpha value is -2.11. The zero-order valence-corrected chi connectivity index (χ0v) is 14.3. The van der Waals surface area contributed by atoms with Crippen LogP contribution >= 0.6 is 0 Å². The topological polar surface area (TPSA) is 64.4 Å². The van der Waals surface area contributed by atoms with Gasteiger partial charge < -0.3 is 9.64 Å². The highest BCUT2D eigenvalue weighted by molar-refractivity contribution is 5.89. The number of aromatic nitrogens is 2. The lowest BCUT2D eigenvalue weighted by atomic mass is 9.99. The van der Waals surface area contributed by atoms with Crippen molar-refractivity contribution >= 4 is 18.0 Å². The number of hydrogen-bond donors (Lipinski definition) is 0. The van der Waals surface area contributed by atoms with E-state index in [1.54, 1.807) is 15.7 Å². The molecule has 1 saturated heterocycles. The third-order valence-corrected chi connectivity index (χ3v) is 4.43. The minimum absolute atomic E-state index is 0.118. The van der Waals surface area contributed by atoms with Crippen LogP contribution in [0.1, 0.15) is 36.7 Å². The molecule has 0 radical (unpaired) electrons. The van der Waals surface area contributed by atoms with Crippen LogP contribution in [0.5, 0.6) is 0 Å². The van der Waals surface area contributed by atoms with Crippen molar-refractivity contribution in [3.8, 4) is 0 Å². The molecule has 1 aromatic heterocycles. The number of likely N-dealkylation sites (tertiary alicyclic amines) is 1. The van der Waals surface area contributed by atoms with Crippen molar-refractivity contribution in [1.82, 2.24) is 14.7 Å². The number of nitrogens with zero attached hydrogens (tertiary/aromatic N) is 3. The number of esters is 1. The monoisotopic (exact) mass is 319 g/mol. The lowest BCUT2D eigenvalue weighted by Gasteiger charge is -2.30. The second-order valence-electron chi connectivity index (χ2n) is 6.21. The fraction of sp³-hybridized carbons (Fsp3) is 0.588. The van der Waals surface area contributed by atoms with Crippen LogP contribution < -0.4 is 0 Å². The predicted octanol–water partition coefficient (Wildman–Crippen LogP) is 1.85. The van der Waals surface area contributed by atoms with Gasteiger partial charge in [0.15, 0.2) is 6.61 Å². The Balaban J connectivity index is 1.83. The molecule has 126 valence electrons. The first-order valence-corrected chi connectivity index (χ1v) is 8.01. The van der Waals surface area contributed by atoms with Crippen molar-refractivity contribution in [2.24, 2.45) is 13.0 Å². The molecule has 2 rings (SSSR count). The molecule has 1 aliphatic heterocycles. The zero-order chi connectivity index (χ0) is 17.0. The van der Waals surface area contributed by atoms with Gasteiger partial charge in [0.05, 0.1) is 5.69 Å². The molecule has 6 nitrogen and oxygen atoms in total. The summed E-state index contributed by atoms with van der Waals surface area (Å²) in [5.74, 6) is 0.0364. The molecule has 0 bridgehead atoms. The first-order valence-electron chi connectivity index (χ1n) is 8.01. The highest BCUT2D eigenvalue weighted by Gasteiger charge is 2.20. The maximum Gasteiger partial charge on any atom is 0.331 e. The summed E-state index contributed by atoms with van der Waals surface area (Å²) in [6, 6.07) is 0. The van der Waals surface area contributed by atoms with Gasteiger partial charge in [0.1, 0.15) is 0 Å². The molecule has 0 aromatic carbocycles. The van der Waals surface area contributed by atoms with E-state index in [0.29, 0.717) is 5.92 Å². The molecule has 0 saturated carbocycles. The van der Waals surface area contributed by atoms with Gasteiger partial charge >= 0.3 is 5.97 Å². The first-order chi connectivity index (χ1) is 10.9. The molecule has 23 heavy (non-hydrogen) atoms. The van der Waals surface area contributed by atoms with E-state index in [4.69, 9.17) is 4.74 Å². The van der Waals surface area contributed by atoms with E-state index in [-0.39, 0.29) is 12.5 Å². The van der Waals surface area contributed by atoms with Crippen molar-refractivity contribution < 1.29 is 14.3 Å². The summed E-state index contributed by atoms with van der Waals surface area (Å²) in [7, 11) is 1.86. The Morgan fingerprint density at radius 3 is 2.52 bits per heavy atom. The molecule has 1 aromatic rings. The van der Waals surface area contributed by atoms with Crippen LogP contribution in [0.15, 0.2) is 6.08 Å². The number of carbonyl (C=O) groups is 2. The summed E-state index contributed by atoms with van der Waals surface area (Å²) in [6.07, 6.45) is 5.06. The van der Waals surface area contributed by atoms with E-state index in [2.05, 4.69) is 12.0 Å². The maximum absolute atomic E-state index is 12.0. The second kappa shape index (κ2) is 7.44. The molecule has 0 aliphatic carbocycles. The largest absolute Gasteiger partial charge is 0.452 e. The van der Waals surface area contributed by atoms with Gasteiger partial charge in [-0.2, -0.15) is 5.10 Å². The average molecular weight is 319 g/mol.